The highest BCUT2D eigenvalue weighted by Gasteiger charge is 2.04. The van der Waals surface area contributed by atoms with E-state index in [1.54, 1.807) is 0 Å². The Kier molecular flexibility index (Phi) is 15.4. The molecule has 0 aliphatic heterocycles. The zero-order valence-corrected chi connectivity index (χ0v) is 18.3. The van der Waals surface area contributed by atoms with Crippen LogP contribution in [0.15, 0.2) is 40.2 Å². The predicted molar refractivity (Wildman–Crippen MR) is 119 cm³/mol. The topological polar surface area (TPSA) is 36.4 Å². The number of thioether (sulfide) groups is 2. The lowest BCUT2D eigenvalue weighted by Crippen LogP contribution is -2.38. The summed E-state index contributed by atoms with van der Waals surface area (Å²) in [4.78, 5) is 6.00. The normalized spacial score (nSPS) is 12.4. The number of nitrogens with one attached hydrogen (secondary N) is 2. The molecule has 1 atom stereocenters. The first-order valence-electron chi connectivity index (χ1n) is 7.99. The van der Waals surface area contributed by atoms with Gasteiger partial charge in [-0.25, -0.2) is 0 Å². The van der Waals surface area contributed by atoms with Crippen LogP contribution in [0.5, 0.6) is 0 Å². The summed E-state index contributed by atoms with van der Waals surface area (Å²) < 4.78 is 0. The maximum Gasteiger partial charge on any atom is 0.191 e. The Morgan fingerprint density at radius 3 is 2.57 bits per heavy atom. The van der Waals surface area contributed by atoms with E-state index in [4.69, 9.17) is 4.99 Å². The van der Waals surface area contributed by atoms with E-state index in [-0.39, 0.29) is 24.0 Å². The third-order valence-electron chi connectivity index (χ3n) is 3.00. The second kappa shape index (κ2) is 15.4. The van der Waals surface area contributed by atoms with Crippen molar-refractivity contribution in [1.82, 2.24) is 10.6 Å². The molecule has 1 rings (SSSR count). The Hall–Kier alpha value is -0.0800. The van der Waals surface area contributed by atoms with Gasteiger partial charge in [-0.3, -0.25) is 4.99 Å². The van der Waals surface area contributed by atoms with Crippen LogP contribution in [0, 0.1) is 0 Å². The van der Waals surface area contributed by atoms with Crippen molar-refractivity contribution < 1.29 is 0 Å². The second-order valence-corrected chi connectivity index (χ2v) is 7.59. The highest BCUT2D eigenvalue weighted by Crippen LogP contribution is 2.22. The molecule has 1 unspecified atom stereocenters. The Morgan fingerprint density at radius 1 is 1.17 bits per heavy atom. The molecule has 0 radical (unpaired) electrons. The minimum absolute atomic E-state index is 0. The number of guanidine groups is 1. The number of rotatable bonds is 10. The van der Waals surface area contributed by atoms with E-state index in [2.05, 4.69) is 61.1 Å². The quantitative estimate of drug-likeness (QED) is 0.175. The molecular formula is C17H30IN3S2. The van der Waals surface area contributed by atoms with Gasteiger partial charge in [0.05, 0.1) is 6.54 Å². The van der Waals surface area contributed by atoms with Crippen molar-refractivity contribution in [2.24, 2.45) is 4.99 Å². The summed E-state index contributed by atoms with van der Waals surface area (Å²) >= 11 is 3.78. The summed E-state index contributed by atoms with van der Waals surface area (Å²) in [5.41, 5.74) is 0. The first kappa shape index (κ1) is 22.9. The number of unbranched alkanes of at least 4 members (excludes halogenated alkanes) is 1. The largest absolute Gasteiger partial charge is 0.357 e. The molecule has 0 saturated carbocycles. The molecule has 3 nitrogen and oxygen atoms in total. The van der Waals surface area contributed by atoms with Crippen LogP contribution in [0.25, 0.3) is 0 Å². The number of aliphatic imine (C=N–C) groups is 1. The SMILES string of the molecule is CCNC(=NCC(C)Sc1ccccc1)NCCCCSC.I. The molecule has 1 aromatic carbocycles. The summed E-state index contributed by atoms with van der Waals surface area (Å²) in [6.07, 6.45) is 4.61. The molecule has 1 aromatic rings. The summed E-state index contributed by atoms with van der Waals surface area (Å²) in [6.45, 7) is 7.04. The summed E-state index contributed by atoms with van der Waals surface area (Å²) in [7, 11) is 0. The molecule has 0 aliphatic rings. The van der Waals surface area contributed by atoms with Gasteiger partial charge in [-0.1, -0.05) is 25.1 Å². The van der Waals surface area contributed by atoms with E-state index in [1.807, 2.05) is 23.5 Å². The zero-order chi connectivity index (χ0) is 16.0. The molecule has 0 saturated heterocycles. The Balaban J connectivity index is 0.00000484. The van der Waals surface area contributed by atoms with Gasteiger partial charge in [-0.05, 0) is 43.9 Å². The third-order valence-corrected chi connectivity index (χ3v) is 4.79. The molecule has 132 valence electrons. The number of halogens is 1. The standard InChI is InChI=1S/C17H29N3S2.HI/c1-4-18-17(19-12-8-9-13-21-3)20-14-15(2)22-16-10-6-5-7-11-16;/h5-7,10-11,15H,4,8-9,12-14H2,1-3H3,(H2,18,19,20);1H. The second-order valence-electron chi connectivity index (χ2n) is 5.09. The van der Waals surface area contributed by atoms with Gasteiger partial charge >= 0.3 is 0 Å². The van der Waals surface area contributed by atoms with Gasteiger partial charge in [0, 0.05) is 23.2 Å². The van der Waals surface area contributed by atoms with Crippen LogP contribution in [0.2, 0.25) is 0 Å². The van der Waals surface area contributed by atoms with Crippen LogP contribution in [0.3, 0.4) is 0 Å². The Labute approximate surface area is 167 Å². The van der Waals surface area contributed by atoms with Gasteiger partial charge in [0.15, 0.2) is 5.96 Å². The van der Waals surface area contributed by atoms with Gasteiger partial charge in [-0.2, -0.15) is 11.8 Å². The fourth-order valence-electron chi connectivity index (χ4n) is 1.91. The average Bonchev–Trinajstić information content (AvgIpc) is 2.53. The van der Waals surface area contributed by atoms with Crippen LogP contribution in [0.4, 0.5) is 0 Å². The molecule has 0 amide bonds. The van der Waals surface area contributed by atoms with E-state index in [9.17, 15) is 0 Å². The first-order valence-corrected chi connectivity index (χ1v) is 10.3. The minimum Gasteiger partial charge on any atom is -0.357 e. The molecule has 0 aromatic heterocycles. The summed E-state index contributed by atoms with van der Waals surface area (Å²) in [5.74, 6) is 2.17. The van der Waals surface area contributed by atoms with Crippen LogP contribution in [-0.2, 0) is 0 Å². The molecule has 2 N–H and O–H groups in total. The monoisotopic (exact) mass is 467 g/mol. The maximum absolute atomic E-state index is 4.70. The van der Waals surface area contributed by atoms with Crippen LogP contribution in [-0.4, -0.2) is 42.9 Å². The Morgan fingerprint density at radius 2 is 1.91 bits per heavy atom. The van der Waals surface area contributed by atoms with Gasteiger partial charge in [0.25, 0.3) is 0 Å². The predicted octanol–water partition coefficient (Wildman–Crippen LogP) is 4.48. The average molecular weight is 467 g/mol. The van der Waals surface area contributed by atoms with Crippen molar-refractivity contribution in [2.45, 2.75) is 36.8 Å². The minimum atomic E-state index is 0. The van der Waals surface area contributed by atoms with E-state index in [0.29, 0.717) is 5.25 Å². The first-order chi connectivity index (χ1) is 10.8. The van der Waals surface area contributed by atoms with Crippen molar-refractivity contribution in [3.8, 4) is 0 Å². The highest BCUT2D eigenvalue weighted by molar-refractivity contribution is 14.0. The number of nitrogens with zero attached hydrogens (tertiary/aromatic N) is 1. The fraction of sp³-hybridized carbons (Fsp3) is 0.588. The van der Waals surface area contributed by atoms with E-state index in [0.717, 1.165) is 25.6 Å². The van der Waals surface area contributed by atoms with E-state index < -0.39 is 0 Å². The summed E-state index contributed by atoms with van der Waals surface area (Å²) in [6, 6.07) is 10.5. The molecule has 6 heteroatoms. The molecule has 0 heterocycles. The van der Waals surface area contributed by atoms with Crippen molar-refractivity contribution >= 4 is 53.5 Å². The fourth-order valence-corrected chi connectivity index (χ4v) is 3.33. The zero-order valence-electron chi connectivity index (χ0n) is 14.4. The third kappa shape index (κ3) is 12.0. The number of benzene rings is 1. The van der Waals surface area contributed by atoms with Crippen molar-refractivity contribution in [2.75, 3.05) is 31.6 Å². The van der Waals surface area contributed by atoms with Gasteiger partial charge < -0.3 is 10.6 Å². The van der Waals surface area contributed by atoms with E-state index >= 15 is 0 Å². The van der Waals surface area contributed by atoms with E-state index in [1.165, 1.54) is 23.5 Å². The van der Waals surface area contributed by atoms with Crippen LogP contribution < -0.4 is 10.6 Å². The molecule has 23 heavy (non-hydrogen) atoms. The maximum atomic E-state index is 4.70. The van der Waals surface area contributed by atoms with Crippen molar-refractivity contribution in [3.05, 3.63) is 30.3 Å². The van der Waals surface area contributed by atoms with Crippen molar-refractivity contribution in [1.29, 1.82) is 0 Å². The van der Waals surface area contributed by atoms with Gasteiger partial charge in [-0.15, -0.1) is 35.7 Å². The number of hydrogen-bond donors (Lipinski definition) is 2. The molecule has 0 bridgehead atoms. The van der Waals surface area contributed by atoms with Crippen LogP contribution in [0.1, 0.15) is 26.7 Å². The molecule has 0 spiro atoms. The smallest absolute Gasteiger partial charge is 0.191 e. The Bertz CT molecular complexity index is 416. The molecular weight excluding hydrogens is 437 g/mol. The lowest BCUT2D eigenvalue weighted by Gasteiger charge is -2.13. The lowest BCUT2D eigenvalue weighted by molar-refractivity contribution is 0.733. The number of hydrogen-bond acceptors (Lipinski definition) is 3. The van der Waals surface area contributed by atoms with Crippen molar-refractivity contribution in [3.63, 3.8) is 0 Å². The highest BCUT2D eigenvalue weighted by atomic mass is 127. The molecule has 0 aliphatic carbocycles. The molecule has 0 fully saturated rings. The van der Waals surface area contributed by atoms with Gasteiger partial charge in [0.1, 0.15) is 0 Å². The van der Waals surface area contributed by atoms with Gasteiger partial charge in [0.2, 0.25) is 0 Å². The summed E-state index contributed by atoms with van der Waals surface area (Å²) in [5, 5.41) is 7.20. The van der Waals surface area contributed by atoms with Crippen LogP contribution >= 0.6 is 47.5 Å². The lowest BCUT2D eigenvalue weighted by atomic mass is 10.3.